The molecular formula is C20H21Cl2FN2O4S. The number of benzene rings is 2. The molecule has 0 unspecified atom stereocenters. The monoisotopic (exact) mass is 474 g/mol. The number of sulfonamides is 1. The molecule has 0 radical (unpaired) electrons. The normalized spacial score (nSPS) is 15.4. The van der Waals surface area contributed by atoms with Crippen molar-refractivity contribution in [2.75, 3.05) is 25.0 Å². The highest BCUT2D eigenvalue weighted by atomic mass is 35.5. The van der Waals surface area contributed by atoms with Gasteiger partial charge in [-0.1, -0.05) is 36.0 Å². The van der Waals surface area contributed by atoms with E-state index in [4.69, 9.17) is 27.9 Å². The second-order valence-corrected chi connectivity index (χ2v) is 9.62. The van der Waals surface area contributed by atoms with Crippen molar-refractivity contribution in [2.24, 2.45) is 0 Å². The maximum atomic E-state index is 13.1. The number of hydrogen-bond acceptors (Lipinski definition) is 4. The average molecular weight is 475 g/mol. The quantitative estimate of drug-likeness (QED) is 0.657. The van der Waals surface area contributed by atoms with E-state index in [1.807, 2.05) is 0 Å². The van der Waals surface area contributed by atoms with Crippen molar-refractivity contribution >= 4 is 44.8 Å². The van der Waals surface area contributed by atoms with Gasteiger partial charge in [-0.3, -0.25) is 4.79 Å². The van der Waals surface area contributed by atoms with E-state index in [-0.39, 0.29) is 26.4 Å². The number of ether oxygens (including phenoxy) is 1. The van der Waals surface area contributed by atoms with Crippen LogP contribution in [0, 0.1) is 5.82 Å². The lowest BCUT2D eigenvalue weighted by molar-refractivity contribution is -0.118. The number of nitrogens with one attached hydrogen (secondary N) is 1. The summed E-state index contributed by atoms with van der Waals surface area (Å²) in [5.41, 5.74) is 0.159. The molecular weight excluding hydrogens is 454 g/mol. The number of carbonyl (C=O) groups is 1. The molecule has 0 aliphatic carbocycles. The van der Waals surface area contributed by atoms with Gasteiger partial charge in [0.2, 0.25) is 10.0 Å². The minimum atomic E-state index is -3.69. The van der Waals surface area contributed by atoms with Crippen LogP contribution in [0.3, 0.4) is 0 Å². The van der Waals surface area contributed by atoms with Gasteiger partial charge in [0.05, 0.1) is 20.6 Å². The minimum absolute atomic E-state index is 0.0337. The summed E-state index contributed by atoms with van der Waals surface area (Å²) in [6, 6.07) is 7.74. The first kappa shape index (κ1) is 22.8. The van der Waals surface area contributed by atoms with Gasteiger partial charge in [0.1, 0.15) is 11.6 Å². The standard InChI is InChI=1S/C20H21Cl2FN2O4S/c21-16-7-6-15(30(27,28)25-9-3-1-2-4-10-25)12-18(16)24-20(26)13-29-19-8-5-14(23)11-17(19)22/h5-8,11-12H,1-4,9-10,13H2,(H,24,26). The summed E-state index contributed by atoms with van der Waals surface area (Å²) < 4.78 is 45.8. The molecule has 1 aliphatic rings. The van der Waals surface area contributed by atoms with Crippen molar-refractivity contribution in [1.29, 1.82) is 0 Å². The van der Waals surface area contributed by atoms with Crippen molar-refractivity contribution in [3.63, 3.8) is 0 Å². The summed E-state index contributed by atoms with van der Waals surface area (Å²) in [6.07, 6.45) is 3.65. The fourth-order valence-electron chi connectivity index (χ4n) is 3.11. The van der Waals surface area contributed by atoms with Crippen molar-refractivity contribution in [3.8, 4) is 5.75 Å². The molecule has 1 fully saturated rings. The molecule has 0 bridgehead atoms. The van der Waals surface area contributed by atoms with E-state index in [1.165, 1.54) is 28.6 Å². The Morgan fingerprint density at radius 3 is 2.40 bits per heavy atom. The van der Waals surface area contributed by atoms with Gasteiger partial charge in [-0.2, -0.15) is 4.31 Å². The number of halogens is 3. The van der Waals surface area contributed by atoms with Gasteiger partial charge in [0.25, 0.3) is 5.91 Å². The van der Waals surface area contributed by atoms with Crippen LogP contribution in [0.2, 0.25) is 10.0 Å². The Kier molecular flexibility index (Phi) is 7.57. The van der Waals surface area contributed by atoms with E-state index in [2.05, 4.69) is 5.32 Å². The zero-order valence-corrected chi connectivity index (χ0v) is 18.4. The minimum Gasteiger partial charge on any atom is -0.482 e. The van der Waals surface area contributed by atoms with Crippen LogP contribution >= 0.6 is 23.2 Å². The molecule has 3 rings (SSSR count). The smallest absolute Gasteiger partial charge is 0.262 e. The molecule has 0 aromatic heterocycles. The number of nitrogens with zero attached hydrogens (tertiary/aromatic N) is 1. The van der Waals surface area contributed by atoms with Crippen LogP contribution in [0.15, 0.2) is 41.3 Å². The van der Waals surface area contributed by atoms with Crippen molar-refractivity contribution < 1.29 is 22.3 Å². The van der Waals surface area contributed by atoms with Gasteiger partial charge in [-0.25, -0.2) is 12.8 Å². The number of amides is 1. The molecule has 0 atom stereocenters. The Balaban J connectivity index is 1.70. The third-order valence-corrected chi connectivity index (χ3v) is 7.19. The predicted octanol–water partition coefficient (Wildman–Crippen LogP) is 4.71. The van der Waals surface area contributed by atoms with E-state index in [0.717, 1.165) is 37.8 Å². The number of hydrogen-bond donors (Lipinski definition) is 1. The van der Waals surface area contributed by atoms with Gasteiger partial charge in [-0.05, 0) is 49.2 Å². The van der Waals surface area contributed by atoms with E-state index in [9.17, 15) is 17.6 Å². The van der Waals surface area contributed by atoms with Gasteiger partial charge in [0.15, 0.2) is 6.61 Å². The Morgan fingerprint density at radius 1 is 1.03 bits per heavy atom. The van der Waals surface area contributed by atoms with Crippen LogP contribution in [-0.4, -0.2) is 38.3 Å². The molecule has 2 aromatic carbocycles. The van der Waals surface area contributed by atoms with Crippen molar-refractivity contribution in [1.82, 2.24) is 4.31 Å². The number of anilines is 1. The van der Waals surface area contributed by atoms with E-state index < -0.39 is 28.4 Å². The van der Waals surface area contributed by atoms with E-state index in [1.54, 1.807) is 0 Å². The molecule has 0 saturated carbocycles. The first-order valence-corrected chi connectivity index (χ1v) is 11.6. The fraction of sp³-hybridized carbons (Fsp3) is 0.350. The van der Waals surface area contributed by atoms with Gasteiger partial charge in [-0.15, -0.1) is 0 Å². The third kappa shape index (κ3) is 5.63. The predicted molar refractivity (Wildman–Crippen MR) is 114 cm³/mol. The molecule has 0 spiro atoms. The second-order valence-electron chi connectivity index (χ2n) is 6.87. The largest absolute Gasteiger partial charge is 0.482 e. The summed E-state index contributed by atoms with van der Waals surface area (Å²) in [4.78, 5) is 12.3. The van der Waals surface area contributed by atoms with Gasteiger partial charge in [0, 0.05) is 13.1 Å². The Morgan fingerprint density at radius 2 is 1.73 bits per heavy atom. The summed E-state index contributed by atoms with van der Waals surface area (Å²) in [6.45, 7) is 0.530. The molecule has 6 nitrogen and oxygen atoms in total. The molecule has 30 heavy (non-hydrogen) atoms. The topological polar surface area (TPSA) is 75.7 Å². The zero-order valence-electron chi connectivity index (χ0n) is 16.0. The van der Waals surface area contributed by atoms with Gasteiger partial charge >= 0.3 is 0 Å². The first-order chi connectivity index (χ1) is 14.3. The highest BCUT2D eigenvalue weighted by Crippen LogP contribution is 2.29. The Bertz CT molecular complexity index is 1030. The Labute approximate surface area is 185 Å². The molecule has 2 aromatic rings. The van der Waals surface area contributed by atoms with Crippen LogP contribution in [0.5, 0.6) is 5.75 Å². The molecule has 1 aliphatic heterocycles. The SMILES string of the molecule is O=C(COc1ccc(F)cc1Cl)Nc1cc(S(=O)(=O)N2CCCCCC2)ccc1Cl. The maximum absolute atomic E-state index is 13.1. The maximum Gasteiger partial charge on any atom is 0.262 e. The van der Waals surface area contributed by atoms with Crippen molar-refractivity contribution in [3.05, 3.63) is 52.3 Å². The lowest BCUT2D eigenvalue weighted by Gasteiger charge is -2.20. The molecule has 1 amide bonds. The van der Waals surface area contributed by atoms with Crippen LogP contribution in [0.4, 0.5) is 10.1 Å². The van der Waals surface area contributed by atoms with Crippen LogP contribution < -0.4 is 10.1 Å². The summed E-state index contributed by atoms with van der Waals surface area (Å²) in [5.74, 6) is -0.940. The average Bonchev–Trinajstić information content (AvgIpc) is 2.99. The fourth-order valence-corrected chi connectivity index (χ4v) is 5.04. The molecule has 1 saturated heterocycles. The van der Waals surface area contributed by atoms with Gasteiger partial charge < -0.3 is 10.1 Å². The molecule has 10 heteroatoms. The van der Waals surface area contributed by atoms with E-state index in [0.29, 0.717) is 13.1 Å². The Hall–Kier alpha value is -1.87. The summed E-state index contributed by atoms with van der Waals surface area (Å²) in [7, 11) is -3.69. The summed E-state index contributed by atoms with van der Waals surface area (Å²) >= 11 is 12.0. The molecule has 1 heterocycles. The van der Waals surface area contributed by atoms with Crippen LogP contribution in [0.1, 0.15) is 25.7 Å². The lowest BCUT2D eigenvalue weighted by Crippen LogP contribution is -2.32. The zero-order chi connectivity index (χ0) is 21.7. The number of rotatable bonds is 6. The van der Waals surface area contributed by atoms with E-state index >= 15 is 0 Å². The van der Waals surface area contributed by atoms with Crippen LogP contribution in [0.25, 0.3) is 0 Å². The highest BCUT2D eigenvalue weighted by Gasteiger charge is 2.26. The van der Waals surface area contributed by atoms with Crippen LogP contribution in [-0.2, 0) is 14.8 Å². The first-order valence-electron chi connectivity index (χ1n) is 9.45. The molecule has 1 N–H and O–H groups in total. The van der Waals surface area contributed by atoms with Crippen molar-refractivity contribution in [2.45, 2.75) is 30.6 Å². The number of carbonyl (C=O) groups excluding carboxylic acids is 1. The third-order valence-electron chi connectivity index (χ3n) is 4.67. The summed E-state index contributed by atoms with van der Waals surface area (Å²) in [5, 5.41) is 2.77. The molecule has 162 valence electrons. The lowest BCUT2D eigenvalue weighted by atomic mass is 10.2. The highest BCUT2D eigenvalue weighted by molar-refractivity contribution is 7.89. The second kappa shape index (κ2) is 9.96.